The molecule has 1 aromatic carbocycles. The molecule has 0 radical (unpaired) electrons. The van der Waals surface area contributed by atoms with Crippen molar-refractivity contribution in [1.82, 2.24) is 10.3 Å². The van der Waals surface area contributed by atoms with E-state index in [-0.39, 0.29) is 0 Å². The van der Waals surface area contributed by atoms with Crippen LogP contribution in [0.4, 0.5) is 0 Å². The van der Waals surface area contributed by atoms with Crippen LogP contribution < -0.4 is 10.1 Å². The van der Waals surface area contributed by atoms with Crippen LogP contribution in [0.5, 0.6) is 5.75 Å². The van der Waals surface area contributed by atoms with E-state index < -0.39 is 0 Å². The number of nitrogens with one attached hydrogen (secondary N) is 1. The number of methoxy groups -OCH3 is 1. The van der Waals surface area contributed by atoms with Crippen molar-refractivity contribution in [2.24, 2.45) is 0 Å². The van der Waals surface area contributed by atoms with Crippen LogP contribution in [-0.4, -0.2) is 18.1 Å². The van der Waals surface area contributed by atoms with E-state index in [0.717, 1.165) is 18.6 Å². The number of hydrogen-bond donors (Lipinski definition) is 1. The molecule has 4 heteroatoms. The monoisotopic (exact) mass is 304 g/mol. The first kappa shape index (κ1) is 16.0. The van der Waals surface area contributed by atoms with Gasteiger partial charge in [-0.2, -0.15) is 0 Å². The summed E-state index contributed by atoms with van der Waals surface area (Å²) >= 11 is 1.77. The molecule has 0 saturated carbocycles. The molecule has 2 unspecified atom stereocenters. The van der Waals surface area contributed by atoms with E-state index in [4.69, 9.17) is 4.74 Å². The number of thiazole rings is 1. The lowest BCUT2D eigenvalue weighted by Gasteiger charge is -2.18. The number of rotatable bonds is 7. The van der Waals surface area contributed by atoms with Gasteiger partial charge in [0.05, 0.1) is 13.2 Å². The Balaban J connectivity index is 1.79. The molecule has 1 N–H and O–H groups in total. The lowest BCUT2D eigenvalue weighted by molar-refractivity contribution is 0.414. The fraction of sp³-hybridized carbons (Fsp3) is 0.471. The Morgan fingerprint density at radius 1 is 1.24 bits per heavy atom. The molecular formula is C17H24N2OS. The molecule has 2 rings (SSSR count). The first-order chi connectivity index (χ1) is 10.1. The molecule has 21 heavy (non-hydrogen) atoms. The molecule has 2 aromatic rings. The highest BCUT2D eigenvalue weighted by Crippen LogP contribution is 2.20. The van der Waals surface area contributed by atoms with E-state index in [1.807, 2.05) is 18.3 Å². The number of aromatic nitrogens is 1. The second-order valence-electron chi connectivity index (χ2n) is 5.49. The minimum absolute atomic E-state index is 0.314. The topological polar surface area (TPSA) is 34.1 Å². The Hall–Kier alpha value is -1.39. The van der Waals surface area contributed by atoms with Gasteiger partial charge in [0, 0.05) is 17.1 Å². The molecule has 0 aliphatic rings. The highest BCUT2D eigenvalue weighted by molar-refractivity contribution is 7.11. The first-order valence-corrected chi connectivity index (χ1v) is 8.21. The molecule has 114 valence electrons. The van der Waals surface area contributed by atoms with Gasteiger partial charge in [-0.3, -0.25) is 0 Å². The lowest BCUT2D eigenvalue weighted by atomic mass is 10.1. The van der Waals surface area contributed by atoms with Crippen molar-refractivity contribution in [1.29, 1.82) is 0 Å². The van der Waals surface area contributed by atoms with Crippen molar-refractivity contribution in [3.63, 3.8) is 0 Å². The molecule has 1 aromatic heterocycles. The van der Waals surface area contributed by atoms with Gasteiger partial charge in [-0.05, 0) is 51.3 Å². The third kappa shape index (κ3) is 4.83. The van der Waals surface area contributed by atoms with Crippen LogP contribution in [0.1, 0.15) is 41.8 Å². The molecular weight excluding hydrogens is 280 g/mol. The smallest absolute Gasteiger partial charge is 0.118 e. The zero-order chi connectivity index (χ0) is 15.2. The van der Waals surface area contributed by atoms with Crippen LogP contribution >= 0.6 is 11.3 Å². The summed E-state index contributed by atoms with van der Waals surface area (Å²) in [6.45, 7) is 6.52. The molecule has 0 aliphatic carbocycles. The quantitative estimate of drug-likeness (QED) is 0.835. The van der Waals surface area contributed by atoms with Crippen LogP contribution in [0.3, 0.4) is 0 Å². The summed E-state index contributed by atoms with van der Waals surface area (Å²) in [7, 11) is 1.70. The van der Waals surface area contributed by atoms with Crippen LogP contribution in [-0.2, 0) is 6.42 Å². The van der Waals surface area contributed by atoms with E-state index in [0.29, 0.717) is 12.1 Å². The van der Waals surface area contributed by atoms with Crippen molar-refractivity contribution in [3.05, 3.63) is 45.9 Å². The largest absolute Gasteiger partial charge is 0.497 e. The van der Waals surface area contributed by atoms with Gasteiger partial charge in [-0.1, -0.05) is 12.1 Å². The number of aryl methyl sites for hydroxylation is 2. The van der Waals surface area contributed by atoms with Gasteiger partial charge in [0.25, 0.3) is 0 Å². The molecule has 3 nitrogen and oxygen atoms in total. The Morgan fingerprint density at radius 3 is 2.52 bits per heavy atom. The molecule has 2 atom stereocenters. The summed E-state index contributed by atoms with van der Waals surface area (Å²) in [6.07, 6.45) is 4.13. The van der Waals surface area contributed by atoms with E-state index >= 15 is 0 Å². The third-order valence-electron chi connectivity index (χ3n) is 3.57. The van der Waals surface area contributed by atoms with Gasteiger partial charge in [0.2, 0.25) is 0 Å². The third-order valence-corrected chi connectivity index (χ3v) is 4.66. The molecule has 0 fully saturated rings. The van der Waals surface area contributed by atoms with E-state index in [2.05, 4.69) is 43.2 Å². The van der Waals surface area contributed by atoms with Crippen molar-refractivity contribution in [3.8, 4) is 5.75 Å². The summed E-state index contributed by atoms with van der Waals surface area (Å²) in [5.74, 6) is 0.915. The van der Waals surface area contributed by atoms with Crippen molar-refractivity contribution in [2.75, 3.05) is 7.11 Å². The van der Waals surface area contributed by atoms with Gasteiger partial charge in [0.15, 0.2) is 0 Å². The first-order valence-electron chi connectivity index (χ1n) is 7.39. The highest BCUT2D eigenvalue weighted by Gasteiger charge is 2.12. The average Bonchev–Trinajstić information content (AvgIpc) is 2.92. The Morgan fingerprint density at radius 2 is 1.95 bits per heavy atom. The number of benzene rings is 1. The molecule has 0 saturated heterocycles. The Labute approximate surface area is 131 Å². The molecule has 1 heterocycles. The summed E-state index contributed by atoms with van der Waals surface area (Å²) in [5.41, 5.74) is 1.35. The SMILES string of the molecule is COc1ccc(CCC(C)NC(C)c2ncc(C)s2)cc1. The zero-order valence-electron chi connectivity index (χ0n) is 13.2. The van der Waals surface area contributed by atoms with Crippen molar-refractivity contribution in [2.45, 2.75) is 45.7 Å². The van der Waals surface area contributed by atoms with Crippen LogP contribution in [0.25, 0.3) is 0 Å². The van der Waals surface area contributed by atoms with Crippen molar-refractivity contribution >= 4 is 11.3 Å². The van der Waals surface area contributed by atoms with E-state index in [9.17, 15) is 0 Å². The standard InChI is InChI=1S/C17H24N2OS/c1-12(19-14(3)17-18-11-13(2)21-17)5-6-15-7-9-16(20-4)10-8-15/h7-12,14,19H,5-6H2,1-4H3. The Bertz CT molecular complexity index is 550. The fourth-order valence-electron chi connectivity index (χ4n) is 2.33. The maximum Gasteiger partial charge on any atom is 0.118 e. The summed E-state index contributed by atoms with van der Waals surface area (Å²) < 4.78 is 5.18. The predicted octanol–water partition coefficient (Wildman–Crippen LogP) is 4.13. The number of nitrogens with zero attached hydrogens (tertiary/aromatic N) is 1. The molecule has 0 amide bonds. The van der Waals surface area contributed by atoms with Crippen LogP contribution in [0.15, 0.2) is 30.5 Å². The van der Waals surface area contributed by atoms with Gasteiger partial charge in [-0.15, -0.1) is 11.3 Å². The Kier molecular flexibility index (Phi) is 5.76. The summed E-state index contributed by atoms with van der Waals surface area (Å²) in [5, 5.41) is 4.80. The van der Waals surface area contributed by atoms with Gasteiger partial charge < -0.3 is 10.1 Å². The maximum atomic E-state index is 5.18. The van der Waals surface area contributed by atoms with Gasteiger partial charge in [-0.25, -0.2) is 4.98 Å². The summed E-state index contributed by atoms with van der Waals surface area (Å²) in [6, 6.07) is 9.10. The number of hydrogen-bond acceptors (Lipinski definition) is 4. The number of ether oxygens (including phenoxy) is 1. The highest BCUT2D eigenvalue weighted by atomic mass is 32.1. The normalized spacial score (nSPS) is 13.9. The minimum atomic E-state index is 0.314. The molecule has 0 spiro atoms. The van der Waals surface area contributed by atoms with Gasteiger partial charge >= 0.3 is 0 Å². The zero-order valence-corrected chi connectivity index (χ0v) is 14.0. The van der Waals surface area contributed by atoms with Crippen molar-refractivity contribution < 1.29 is 4.74 Å². The van der Waals surface area contributed by atoms with Gasteiger partial charge in [0.1, 0.15) is 10.8 Å². The minimum Gasteiger partial charge on any atom is -0.497 e. The van der Waals surface area contributed by atoms with E-state index in [1.54, 1.807) is 18.4 Å². The average molecular weight is 304 g/mol. The second-order valence-corrected chi connectivity index (χ2v) is 6.75. The maximum absolute atomic E-state index is 5.18. The lowest BCUT2D eigenvalue weighted by Crippen LogP contribution is -2.29. The molecule has 0 bridgehead atoms. The second kappa shape index (κ2) is 7.57. The summed E-state index contributed by atoms with van der Waals surface area (Å²) in [4.78, 5) is 5.72. The van der Waals surface area contributed by atoms with Crippen LogP contribution in [0.2, 0.25) is 0 Å². The molecule has 0 aliphatic heterocycles. The fourth-order valence-corrected chi connectivity index (χ4v) is 3.11. The predicted molar refractivity (Wildman–Crippen MR) is 89.2 cm³/mol. The van der Waals surface area contributed by atoms with E-state index in [1.165, 1.54) is 15.4 Å². The van der Waals surface area contributed by atoms with Crippen LogP contribution in [0, 0.1) is 6.92 Å².